The normalized spacial score (nSPS) is 30.2. The molecule has 0 aromatic heterocycles. The molecular weight excluding hydrogens is 136 g/mol. The van der Waals surface area contributed by atoms with Gasteiger partial charge in [-0.05, 0) is 25.7 Å². The second-order valence-electron chi connectivity index (χ2n) is 3.63. The molecule has 1 aliphatic rings. The third kappa shape index (κ3) is 3.57. The first kappa shape index (κ1) is 8.79. The molecular formula is C10H18O. The minimum atomic E-state index is 0.530. The molecule has 0 radical (unpaired) electrons. The number of hydrogen-bond acceptors (Lipinski definition) is 1. The third-order valence-corrected chi connectivity index (χ3v) is 1.98. The third-order valence-electron chi connectivity index (χ3n) is 1.98. The van der Waals surface area contributed by atoms with Gasteiger partial charge in [-0.3, -0.25) is 0 Å². The van der Waals surface area contributed by atoms with Crippen molar-refractivity contribution in [3.8, 4) is 0 Å². The lowest BCUT2D eigenvalue weighted by atomic mass is 10.1. The molecule has 1 fully saturated rings. The van der Waals surface area contributed by atoms with Gasteiger partial charge in [0.05, 0.1) is 12.2 Å². The second-order valence-corrected chi connectivity index (χ2v) is 3.63. The average molecular weight is 154 g/mol. The van der Waals surface area contributed by atoms with E-state index in [4.69, 9.17) is 4.74 Å². The van der Waals surface area contributed by atoms with Crippen molar-refractivity contribution < 1.29 is 4.74 Å². The predicted molar refractivity (Wildman–Crippen MR) is 47.5 cm³/mol. The van der Waals surface area contributed by atoms with Crippen molar-refractivity contribution in [3.63, 3.8) is 0 Å². The smallest absolute Gasteiger partial charge is 0.0842 e. The van der Waals surface area contributed by atoms with Crippen molar-refractivity contribution >= 4 is 0 Å². The summed E-state index contributed by atoms with van der Waals surface area (Å²) in [6.45, 7) is 6.54. The molecule has 1 rings (SSSR count). The summed E-state index contributed by atoms with van der Waals surface area (Å²) in [6, 6.07) is 0. The Morgan fingerprint density at radius 1 is 1.45 bits per heavy atom. The van der Waals surface area contributed by atoms with Crippen LogP contribution in [-0.4, -0.2) is 12.2 Å². The SMILES string of the molecule is CC(C)/C=C/CCC1OC1C. The fourth-order valence-electron chi connectivity index (χ4n) is 1.16. The minimum absolute atomic E-state index is 0.530. The van der Waals surface area contributed by atoms with Crippen molar-refractivity contribution in [2.24, 2.45) is 5.92 Å². The lowest BCUT2D eigenvalue weighted by Crippen LogP contribution is -1.87. The molecule has 0 aliphatic carbocycles. The van der Waals surface area contributed by atoms with Crippen molar-refractivity contribution in [2.45, 2.75) is 45.8 Å². The van der Waals surface area contributed by atoms with Gasteiger partial charge in [-0.2, -0.15) is 0 Å². The zero-order chi connectivity index (χ0) is 8.27. The van der Waals surface area contributed by atoms with Gasteiger partial charge in [0.1, 0.15) is 0 Å². The van der Waals surface area contributed by atoms with Gasteiger partial charge in [-0.25, -0.2) is 0 Å². The second kappa shape index (κ2) is 3.91. The van der Waals surface area contributed by atoms with Crippen LogP contribution in [0, 0.1) is 5.92 Å². The number of ether oxygens (including phenoxy) is 1. The van der Waals surface area contributed by atoms with E-state index >= 15 is 0 Å². The summed E-state index contributed by atoms with van der Waals surface area (Å²) in [4.78, 5) is 0. The van der Waals surface area contributed by atoms with E-state index in [0.717, 1.165) is 0 Å². The zero-order valence-corrected chi connectivity index (χ0v) is 7.71. The molecule has 2 atom stereocenters. The number of rotatable bonds is 4. The highest BCUT2D eigenvalue weighted by molar-refractivity contribution is 4.88. The molecule has 0 aromatic carbocycles. The quantitative estimate of drug-likeness (QED) is 0.448. The molecule has 2 unspecified atom stereocenters. The van der Waals surface area contributed by atoms with Crippen molar-refractivity contribution in [1.82, 2.24) is 0 Å². The highest BCUT2D eigenvalue weighted by Crippen LogP contribution is 2.25. The first-order chi connectivity index (χ1) is 5.20. The van der Waals surface area contributed by atoms with Gasteiger partial charge in [0, 0.05) is 0 Å². The molecule has 64 valence electrons. The molecule has 0 N–H and O–H groups in total. The van der Waals surface area contributed by atoms with E-state index in [1.54, 1.807) is 0 Å². The molecule has 1 heteroatoms. The molecule has 0 amide bonds. The van der Waals surface area contributed by atoms with Crippen molar-refractivity contribution in [3.05, 3.63) is 12.2 Å². The maximum absolute atomic E-state index is 5.29. The Labute approximate surface area is 69.4 Å². The molecule has 1 aliphatic heterocycles. The van der Waals surface area contributed by atoms with E-state index in [1.165, 1.54) is 12.8 Å². The summed E-state index contributed by atoms with van der Waals surface area (Å²) in [7, 11) is 0. The molecule has 1 nitrogen and oxygen atoms in total. The van der Waals surface area contributed by atoms with Crippen LogP contribution in [0.25, 0.3) is 0 Å². The highest BCUT2D eigenvalue weighted by atomic mass is 16.6. The minimum Gasteiger partial charge on any atom is -0.370 e. The number of allylic oxidation sites excluding steroid dienone is 2. The Bertz CT molecular complexity index is 138. The van der Waals surface area contributed by atoms with E-state index in [1.807, 2.05) is 0 Å². The van der Waals surface area contributed by atoms with Crippen LogP contribution in [0.5, 0.6) is 0 Å². The van der Waals surface area contributed by atoms with Gasteiger partial charge in [-0.1, -0.05) is 26.0 Å². The highest BCUT2D eigenvalue weighted by Gasteiger charge is 2.32. The van der Waals surface area contributed by atoms with Crippen LogP contribution in [0.2, 0.25) is 0 Å². The van der Waals surface area contributed by atoms with Crippen LogP contribution in [-0.2, 0) is 4.74 Å². The maximum atomic E-state index is 5.29. The molecule has 0 bridgehead atoms. The topological polar surface area (TPSA) is 12.5 Å². The monoisotopic (exact) mass is 154 g/mol. The summed E-state index contributed by atoms with van der Waals surface area (Å²) >= 11 is 0. The van der Waals surface area contributed by atoms with Crippen LogP contribution in [0.1, 0.15) is 33.6 Å². The van der Waals surface area contributed by atoms with Gasteiger partial charge in [-0.15, -0.1) is 0 Å². The first-order valence-electron chi connectivity index (χ1n) is 4.52. The summed E-state index contributed by atoms with van der Waals surface area (Å²) in [6.07, 6.45) is 7.98. The van der Waals surface area contributed by atoms with E-state index < -0.39 is 0 Å². The Morgan fingerprint density at radius 2 is 2.09 bits per heavy atom. The van der Waals surface area contributed by atoms with Crippen LogP contribution in [0.15, 0.2) is 12.2 Å². The molecule has 11 heavy (non-hydrogen) atoms. The molecule has 0 spiro atoms. The van der Waals surface area contributed by atoms with Crippen LogP contribution < -0.4 is 0 Å². The molecule has 0 saturated carbocycles. The lowest BCUT2D eigenvalue weighted by molar-refractivity contribution is 0.371. The lowest BCUT2D eigenvalue weighted by Gasteiger charge is -1.92. The van der Waals surface area contributed by atoms with Crippen LogP contribution >= 0.6 is 0 Å². The van der Waals surface area contributed by atoms with Gasteiger partial charge < -0.3 is 4.74 Å². The molecule has 1 saturated heterocycles. The Hall–Kier alpha value is -0.300. The Balaban J connectivity index is 1.96. The summed E-state index contributed by atoms with van der Waals surface area (Å²) in [5, 5.41) is 0. The first-order valence-corrected chi connectivity index (χ1v) is 4.52. The standard InChI is InChI=1S/C10H18O/c1-8(2)6-4-5-7-10-9(3)11-10/h4,6,8-10H,5,7H2,1-3H3/b6-4+. The van der Waals surface area contributed by atoms with Crippen LogP contribution in [0.3, 0.4) is 0 Å². The summed E-state index contributed by atoms with van der Waals surface area (Å²) < 4.78 is 5.29. The summed E-state index contributed by atoms with van der Waals surface area (Å²) in [5.74, 6) is 0.688. The number of hydrogen-bond donors (Lipinski definition) is 0. The summed E-state index contributed by atoms with van der Waals surface area (Å²) in [5.41, 5.74) is 0. The van der Waals surface area contributed by atoms with Crippen LogP contribution in [0.4, 0.5) is 0 Å². The van der Waals surface area contributed by atoms with Gasteiger partial charge >= 0.3 is 0 Å². The van der Waals surface area contributed by atoms with Gasteiger partial charge in [0.25, 0.3) is 0 Å². The molecule has 0 aromatic rings. The maximum Gasteiger partial charge on any atom is 0.0842 e. The van der Waals surface area contributed by atoms with E-state index in [-0.39, 0.29) is 0 Å². The average Bonchev–Trinajstić information content (AvgIpc) is 2.59. The fraction of sp³-hybridized carbons (Fsp3) is 0.800. The largest absolute Gasteiger partial charge is 0.370 e. The number of epoxide rings is 1. The zero-order valence-electron chi connectivity index (χ0n) is 7.71. The van der Waals surface area contributed by atoms with E-state index in [0.29, 0.717) is 18.1 Å². The predicted octanol–water partition coefficient (Wildman–Crippen LogP) is 2.77. The van der Waals surface area contributed by atoms with E-state index in [2.05, 4.69) is 32.9 Å². The Morgan fingerprint density at radius 3 is 2.55 bits per heavy atom. The van der Waals surface area contributed by atoms with Crippen molar-refractivity contribution in [2.75, 3.05) is 0 Å². The molecule has 1 heterocycles. The van der Waals surface area contributed by atoms with Crippen molar-refractivity contribution in [1.29, 1.82) is 0 Å². The Kier molecular flexibility index (Phi) is 3.13. The van der Waals surface area contributed by atoms with E-state index in [9.17, 15) is 0 Å². The van der Waals surface area contributed by atoms with Gasteiger partial charge in [0.2, 0.25) is 0 Å². The van der Waals surface area contributed by atoms with Gasteiger partial charge in [0.15, 0.2) is 0 Å². The fourth-order valence-corrected chi connectivity index (χ4v) is 1.16.